The zero-order valence-corrected chi connectivity index (χ0v) is 14.8. The van der Waals surface area contributed by atoms with Gasteiger partial charge in [-0.05, 0) is 84.5 Å². The van der Waals surface area contributed by atoms with Gasteiger partial charge in [-0.1, -0.05) is 12.1 Å². The molecule has 1 amide bonds. The number of halogens is 3. The van der Waals surface area contributed by atoms with Gasteiger partial charge in [0.15, 0.2) is 0 Å². The van der Waals surface area contributed by atoms with Gasteiger partial charge in [0.05, 0.1) is 11.3 Å². The standard InChI is InChI=1S/C14H10Br3NO/c1-8-6-11(16)13(12(17)7-8)18-14(19)9-4-2-3-5-10(9)15/h2-7H,1H3,(H,18,19). The van der Waals surface area contributed by atoms with Crippen molar-refractivity contribution in [2.75, 3.05) is 5.32 Å². The lowest BCUT2D eigenvalue weighted by molar-refractivity contribution is 0.102. The average molecular weight is 448 g/mol. The molecule has 0 saturated carbocycles. The van der Waals surface area contributed by atoms with E-state index in [-0.39, 0.29) is 5.91 Å². The molecule has 98 valence electrons. The first kappa shape index (κ1) is 14.8. The Morgan fingerprint density at radius 2 is 1.58 bits per heavy atom. The summed E-state index contributed by atoms with van der Waals surface area (Å²) in [6.45, 7) is 1.99. The Morgan fingerprint density at radius 1 is 1.00 bits per heavy atom. The van der Waals surface area contributed by atoms with Crippen molar-refractivity contribution in [3.05, 3.63) is 60.9 Å². The van der Waals surface area contributed by atoms with Crippen molar-refractivity contribution in [1.29, 1.82) is 0 Å². The molecule has 2 aromatic carbocycles. The van der Waals surface area contributed by atoms with Gasteiger partial charge in [0.1, 0.15) is 0 Å². The van der Waals surface area contributed by atoms with Crippen molar-refractivity contribution in [1.82, 2.24) is 0 Å². The maximum absolute atomic E-state index is 12.2. The van der Waals surface area contributed by atoms with E-state index in [9.17, 15) is 4.79 Å². The number of carbonyl (C=O) groups is 1. The summed E-state index contributed by atoms with van der Waals surface area (Å²) in [5.74, 6) is -0.155. The molecule has 2 nitrogen and oxygen atoms in total. The van der Waals surface area contributed by atoms with Crippen LogP contribution in [0.2, 0.25) is 0 Å². The van der Waals surface area contributed by atoms with Crippen LogP contribution in [0.3, 0.4) is 0 Å². The van der Waals surface area contributed by atoms with E-state index in [1.54, 1.807) is 6.07 Å². The van der Waals surface area contributed by atoms with E-state index in [1.807, 2.05) is 37.3 Å². The molecular weight excluding hydrogens is 438 g/mol. The van der Waals surface area contributed by atoms with Gasteiger partial charge in [0.2, 0.25) is 0 Å². The minimum Gasteiger partial charge on any atom is -0.320 e. The second-order valence-electron chi connectivity index (χ2n) is 4.04. The van der Waals surface area contributed by atoms with Gasteiger partial charge in [-0.15, -0.1) is 0 Å². The van der Waals surface area contributed by atoms with E-state index in [4.69, 9.17) is 0 Å². The average Bonchev–Trinajstić information content (AvgIpc) is 2.34. The fraction of sp³-hybridized carbons (Fsp3) is 0.0714. The molecule has 0 fully saturated rings. The molecule has 0 heterocycles. The van der Waals surface area contributed by atoms with Crippen LogP contribution in [0.15, 0.2) is 49.8 Å². The third-order valence-corrected chi connectivity index (χ3v) is 4.49. The summed E-state index contributed by atoms with van der Waals surface area (Å²) in [5, 5.41) is 2.90. The van der Waals surface area contributed by atoms with Gasteiger partial charge in [-0.2, -0.15) is 0 Å². The molecule has 2 rings (SSSR count). The van der Waals surface area contributed by atoms with Crippen LogP contribution in [0.5, 0.6) is 0 Å². The van der Waals surface area contributed by atoms with Gasteiger partial charge in [-0.3, -0.25) is 4.79 Å². The number of rotatable bonds is 2. The quantitative estimate of drug-likeness (QED) is 0.643. The highest BCUT2D eigenvalue weighted by molar-refractivity contribution is 9.11. The second kappa shape index (κ2) is 6.20. The van der Waals surface area contributed by atoms with Crippen LogP contribution in [0.25, 0.3) is 0 Å². The Bertz CT molecular complexity index is 617. The number of aryl methyl sites for hydroxylation is 1. The zero-order valence-electron chi connectivity index (χ0n) is 10.0. The molecule has 0 aliphatic rings. The summed E-state index contributed by atoms with van der Waals surface area (Å²) in [6.07, 6.45) is 0. The summed E-state index contributed by atoms with van der Waals surface area (Å²) in [4.78, 5) is 12.2. The molecule has 0 aliphatic carbocycles. The normalized spacial score (nSPS) is 10.3. The maximum atomic E-state index is 12.2. The Balaban J connectivity index is 2.32. The largest absolute Gasteiger partial charge is 0.320 e. The van der Waals surface area contributed by atoms with Crippen LogP contribution in [0.4, 0.5) is 5.69 Å². The molecule has 0 radical (unpaired) electrons. The van der Waals surface area contributed by atoms with Crippen molar-refractivity contribution in [2.24, 2.45) is 0 Å². The van der Waals surface area contributed by atoms with Crippen LogP contribution in [-0.2, 0) is 0 Å². The first-order chi connectivity index (χ1) is 8.99. The number of nitrogens with one attached hydrogen (secondary N) is 1. The van der Waals surface area contributed by atoms with Gasteiger partial charge < -0.3 is 5.32 Å². The minimum absolute atomic E-state index is 0.155. The van der Waals surface area contributed by atoms with Crippen molar-refractivity contribution < 1.29 is 4.79 Å². The molecule has 0 saturated heterocycles. The fourth-order valence-electron chi connectivity index (χ4n) is 1.65. The molecule has 19 heavy (non-hydrogen) atoms. The molecule has 5 heteroatoms. The third-order valence-electron chi connectivity index (χ3n) is 2.54. The van der Waals surface area contributed by atoms with Gasteiger partial charge in [0.25, 0.3) is 5.91 Å². The van der Waals surface area contributed by atoms with Crippen LogP contribution in [0, 0.1) is 6.92 Å². The first-order valence-corrected chi connectivity index (χ1v) is 7.88. The highest BCUT2D eigenvalue weighted by Gasteiger charge is 2.13. The predicted octanol–water partition coefficient (Wildman–Crippen LogP) is 5.53. The minimum atomic E-state index is -0.155. The number of carbonyl (C=O) groups excluding carboxylic acids is 1. The number of benzene rings is 2. The van der Waals surface area contributed by atoms with Crippen LogP contribution < -0.4 is 5.32 Å². The Kier molecular flexibility index (Phi) is 4.81. The van der Waals surface area contributed by atoms with Gasteiger partial charge >= 0.3 is 0 Å². The lowest BCUT2D eigenvalue weighted by atomic mass is 10.2. The monoisotopic (exact) mass is 445 g/mol. The number of amides is 1. The molecule has 0 spiro atoms. The molecule has 0 unspecified atom stereocenters. The highest BCUT2D eigenvalue weighted by Crippen LogP contribution is 2.33. The number of anilines is 1. The molecule has 0 atom stereocenters. The van der Waals surface area contributed by atoms with E-state index in [2.05, 4.69) is 53.1 Å². The number of hydrogen-bond acceptors (Lipinski definition) is 1. The smallest absolute Gasteiger partial charge is 0.256 e. The van der Waals surface area contributed by atoms with Crippen molar-refractivity contribution >= 4 is 59.4 Å². The zero-order chi connectivity index (χ0) is 14.0. The summed E-state index contributed by atoms with van der Waals surface area (Å²) in [5.41, 5.74) is 2.44. The first-order valence-electron chi connectivity index (χ1n) is 5.50. The van der Waals surface area contributed by atoms with Crippen molar-refractivity contribution in [3.8, 4) is 0 Å². The topological polar surface area (TPSA) is 29.1 Å². The van der Waals surface area contributed by atoms with Crippen molar-refractivity contribution in [3.63, 3.8) is 0 Å². The van der Waals surface area contributed by atoms with Gasteiger partial charge in [-0.25, -0.2) is 0 Å². The second-order valence-corrected chi connectivity index (χ2v) is 6.60. The SMILES string of the molecule is Cc1cc(Br)c(NC(=O)c2ccccc2Br)c(Br)c1. The van der Waals surface area contributed by atoms with E-state index >= 15 is 0 Å². The summed E-state index contributed by atoms with van der Waals surface area (Å²) >= 11 is 10.3. The predicted molar refractivity (Wildman–Crippen MR) is 88.7 cm³/mol. The Hall–Kier alpha value is -0.650. The van der Waals surface area contributed by atoms with E-state index in [1.165, 1.54) is 0 Å². The third kappa shape index (κ3) is 3.46. The van der Waals surface area contributed by atoms with Crippen molar-refractivity contribution in [2.45, 2.75) is 6.92 Å². The van der Waals surface area contributed by atoms with E-state index in [0.717, 1.165) is 24.7 Å². The molecule has 0 aliphatic heterocycles. The van der Waals surface area contributed by atoms with Crippen LogP contribution in [0.1, 0.15) is 15.9 Å². The summed E-state index contributed by atoms with van der Waals surface area (Å²) in [7, 11) is 0. The van der Waals surface area contributed by atoms with E-state index in [0.29, 0.717) is 5.56 Å². The molecule has 2 aromatic rings. The van der Waals surface area contributed by atoms with Crippen LogP contribution in [-0.4, -0.2) is 5.91 Å². The van der Waals surface area contributed by atoms with Crippen LogP contribution >= 0.6 is 47.8 Å². The maximum Gasteiger partial charge on any atom is 0.256 e. The lowest BCUT2D eigenvalue weighted by Crippen LogP contribution is -2.13. The molecule has 1 N–H and O–H groups in total. The summed E-state index contributed by atoms with van der Waals surface area (Å²) in [6, 6.07) is 11.2. The lowest BCUT2D eigenvalue weighted by Gasteiger charge is -2.11. The molecular formula is C14H10Br3NO. The Morgan fingerprint density at radius 3 is 2.16 bits per heavy atom. The Labute approximate surface area is 137 Å². The molecule has 0 aromatic heterocycles. The highest BCUT2D eigenvalue weighted by atomic mass is 79.9. The van der Waals surface area contributed by atoms with Gasteiger partial charge in [0, 0.05) is 13.4 Å². The summed E-state index contributed by atoms with van der Waals surface area (Å²) < 4.78 is 2.46. The fourth-order valence-corrected chi connectivity index (χ4v) is 3.72. The van der Waals surface area contributed by atoms with E-state index < -0.39 is 0 Å². The molecule has 0 bridgehead atoms. The number of hydrogen-bond donors (Lipinski definition) is 1.